The van der Waals surface area contributed by atoms with E-state index in [0.717, 1.165) is 11.4 Å². The van der Waals surface area contributed by atoms with E-state index in [1.807, 2.05) is 12.1 Å². The molecule has 2 heterocycles. The van der Waals surface area contributed by atoms with Gasteiger partial charge in [0.25, 0.3) is 0 Å². The van der Waals surface area contributed by atoms with Crippen LogP contribution in [0.15, 0.2) is 35.1 Å². The molecule has 0 radical (unpaired) electrons. The molecule has 3 aromatic rings. The van der Waals surface area contributed by atoms with E-state index in [1.165, 1.54) is 4.68 Å². The number of benzene rings is 1. The third-order valence-electron chi connectivity index (χ3n) is 2.63. The van der Waals surface area contributed by atoms with Crippen molar-refractivity contribution in [3.63, 3.8) is 0 Å². The summed E-state index contributed by atoms with van der Waals surface area (Å²) in [6, 6.07) is 7.36. The van der Waals surface area contributed by atoms with E-state index >= 15 is 0 Å². The molecule has 1 aromatic carbocycles. The highest BCUT2D eigenvalue weighted by atomic mass is 35.5. The van der Waals surface area contributed by atoms with Crippen LogP contribution in [0.25, 0.3) is 5.82 Å². The van der Waals surface area contributed by atoms with E-state index in [9.17, 15) is 0 Å². The van der Waals surface area contributed by atoms with Crippen LogP contribution in [-0.2, 0) is 6.54 Å². The largest absolute Gasteiger partial charge is 0.379 e. The molecule has 3 N–H and O–H groups in total. The number of anilines is 2. The van der Waals surface area contributed by atoms with Crippen LogP contribution in [-0.4, -0.2) is 25.3 Å². The second-order valence-electron chi connectivity index (χ2n) is 3.97. The number of aromatic nitrogens is 5. The van der Waals surface area contributed by atoms with Gasteiger partial charge in [0.05, 0.1) is 18.4 Å². The van der Waals surface area contributed by atoms with E-state index in [-0.39, 0.29) is 5.82 Å². The third-order valence-corrected chi connectivity index (χ3v) is 2.89. The molecular formula is C11H10ClN7O. The summed E-state index contributed by atoms with van der Waals surface area (Å²) in [4.78, 5) is 0. The number of hydrogen-bond acceptors (Lipinski definition) is 7. The van der Waals surface area contributed by atoms with Crippen molar-refractivity contribution in [2.24, 2.45) is 0 Å². The second-order valence-corrected chi connectivity index (χ2v) is 4.41. The molecule has 0 bridgehead atoms. The highest BCUT2D eigenvalue weighted by Gasteiger charge is 2.14. The molecule has 20 heavy (non-hydrogen) atoms. The molecule has 0 amide bonds. The summed E-state index contributed by atoms with van der Waals surface area (Å²) >= 11 is 5.83. The summed E-state index contributed by atoms with van der Waals surface area (Å²) in [5.74, 6) is 0.471. The van der Waals surface area contributed by atoms with Crippen molar-refractivity contribution in [1.29, 1.82) is 0 Å². The lowest BCUT2D eigenvalue weighted by Gasteiger charge is -2.06. The summed E-state index contributed by atoms with van der Waals surface area (Å²) in [6.45, 7) is 0.487. The second kappa shape index (κ2) is 5.17. The molecule has 8 nitrogen and oxygen atoms in total. The quantitative estimate of drug-likeness (QED) is 0.750. The number of nitrogens with one attached hydrogen (secondary N) is 1. The lowest BCUT2D eigenvalue weighted by Crippen LogP contribution is -2.09. The van der Waals surface area contributed by atoms with Gasteiger partial charge in [-0.15, -0.1) is 5.10 Å². The number of halogens is 1. The minimum Gasteiger partial charge on any atom is -0.379 e. The van der Waals surface area contributed by atoms with Gasteiger partial charge >= 0.3 is 0 Å². The van der Waals surface area contributed by atoms with Crippen molar-refractivity contribution in [3.8, 4) is 5.82 Å². The fourth-order valence-corrected chi connectivity index (χ4v) is 1.78. The van der Waals surface area contributed by atoms with Gasteiger partial charge in [0.2, 0.25) is 11.6 Å². The first-order chi connectivity index (χ1) is 9.74. The van der Waals surface area contributed by atoms with Crippen LogP contribution >= 0.6 is 11.6 Å². The molecule has 102 valence electrons. The van der Waals surface area contributed by atoms with E-state index in [0.29, 0.717) is 17.4 Å². The Hall–Kier alpha value is -2.61. The molecule has 0 fully saturated rings. The molecule has 9 heteroatoms. The first-order valence-electron chi connectivity index (χ1n) is 5.71. The molecule has 0 spiro atoms. The van der Waals surface area contributed by atoms with E-state index in [1.54, 1.807) is 18.3 Å². The van der Waals surface area contributed by atoms with Crippen molar-refractivity contribution in [2.45, 2.75) is 6.54 Å². The maximum absolute atomic E-state index is 5.83. The monoisotopic (exact) mass is 291 g/mol. The Morgan fingerprint density at radius 3 is 2.75 bits per heavy atom. The highest BCUT2D eigenvalue weighted by Crippen LogP contribution is 2.16. The molecule has 0 saturated carbocycles. The van der Waals surface area contributed by atoms with Crippen molar-refractivity contribution in [1.82, 2.24) is 25.3 Å². The Bertz CT molecular complexity index is 706. The van der Waals surface area contributed by atoms with E-state index in [4.69, 9.17) is 17.3 Å². The Morgan fingerprint density at radius 1 is 1.25 bits per heavy atom. The van der Waals surface area contributed by atoms with Gasteiger partial charge in [0.15, 0.2) is 0 Å². The normalized spacial score (nSPS) is 10.7. The van der Waals surface area contributed by atoms with Gasteiger partial charge in [-0.2, -0.15) is 4.68 Å². The fraction of sp³-hybridized carbons (Fsp3) is 0.0909. The summed E-state index contributed by atoms with van der Waals surface area (Å²) < 4.78 is 6.02. The number of nitrogens with zero attached hydrogens (tertiary/aromatic N) is 5. The average Bonchev–Trinajstić information content (AvgIpc) is 3.06. The SMILES string of the molecule is Nc1nonc1-n1nncc1CNc1ccc(Cl)cc1. The van der Waals surface area contributed by atoms with Crippen LogP contribution in [0.2, 0.25) is 5.02 Å². The van der Waals surface area contributed by atoms with Gasteiger partial charge in [-0.3, -0.25) is 0 Å². The lowest BCUT2D eigenvalue weighted by molar-refractivity contribution is 0.306. The number of nitrogen functional groups attached to an aromatic ring is 1. The Labute approximate surface area is 118 Å². The molecule has 2 aromatic heterocycles. The summed E-state index contributed by atoms with van der Waals surface area (Å²) in [5.41, 5.74) is 7.32. The lowest BCUT2D eigenvalue weighted by atomic mass is 10.3. The highest BCUT2D eigenvalue weighted by molar-refractivity contribution is 6.30. The van der Waals surface area contributed by atoms with Gasteiger partial charge in [-0.1, -0.05) is 16.8 Å². The average molecular weight is 292 g/mol. The smallest absolute Gasteiger partial charge is 0.243 e. The topological polar surface area (TPSA) is 108 Å². The van der Waals surface area contributed by atoms with Gasteiger partial charge in [0.1, 0.15) is 0 Å². The molecular weight excluding hydrogens is 282 g/mol. The Morgan fingerprint density at radius 2 is 2.05 bits per heavy atom. The fourth-order valence-electron chi connectivity index (χ4n) is 1.65. The maximum Gasteiger partial charge on any atom is 0.243 e. The first-order valence-corrected chi connectivity index (χ1v) is 6.09. The van der Waals surface area contributed by atoms with E-state index in [2.05, 4.69) is 30.6 Å². The summed E-state index contributed by atoms with van der Waals surface area (Å²) in [7, 11) is 0. The predicted molar refractivity (Wildman–Crippen MR) is 72.4 cm³/mol. The van der Waals surface area contributed by atoms with Crippen molar-refractivity contribution < 1.29 is 4.63 Å². The third kappa shape index (κ3) is 2.41. The van der Waals surface area contributed by atoms with Crippen LogP contribution in [0.5, 0.6) is 0 Å². The number of rotatable bonds is 4. The molecule has 0 atom stereocenters. The Kier molecular flexibility index (Phi) is 3.21. The number of nitrogens with two attached hydrogens (primary N) is 1. The number of hydrogen-bond donors (Lipinski definition) is 2. The zero-order valence-electron chi connectivity index (χ0n) is 10.2. The van der Waals surface area contributed by atoms with E-state index < -0.39 is 0 Å². The van der Waals surface area contributed by atoms with Crippen molar-refractivity contribution in [2.75, 3.05) is 11.1 Å². The van der Waals surface area contributed by atoms with Crippen LogP contribution in [0.1, 0.15) is 5.69 Å². The minimum absolute atomic E-state index is 0.156. The zero-order chi connectivity index (χ0) is 13.9. The van der Waals surface area contributed by atoms with Gasteiger partial charge in [-0.25, -0.2) is 4.63 Å². The van der Waals surface area contributed by atoms with Crippen molar-refractivity contribution in [3.05, 3.63) is 41.2 Å². The molecule has 0 saturated heterocycles. The van der Waals surface area contributed by atoms with Gasteiger partial charge < -0.3 is 11.1 Å². The summed E-state index contributed by atoms with van der Waals surface area (Å²) in [6.07, 6.45) is 1.61. The molecule has 3 rings (SSSR count). The maximum atomic E-state index is 5.83. The zero-order valence-corrected chi connectivity index (χ0v) is 10.9. The Balaban J connectivity index is 1.77. The van der Waals surface area contributed by atoms with Crippen LogP contribution < -0.4 is 11.1 Å². The standard InChI is InChI=1S/C11H10ClN7O/c12-7-1-3-8(4-2-7)14-5-9-6-15-18-19(9)11-10(13)16-20-17-11/h1-4,6,14H,5H2,(H2,13,16). The van der Waals surface area contributed by atoms with Gasteiger partial charge in [-0.05, 0) is 34.6 Å². The molecule has 0 aliphatic carbocycles. The predicted octanol–water partition coefficient (Wildman–Crippen LogP) is 1.50. The molecule has 0 unspecified atom stereocenters. The molecule has 0 aliphatic heterocycles. The first kappa shape index (κ1) is 12.4. The van der Waals surface area contributed by atoms with Gasteiger partial charge in [0, 0.05) is 10.7 Å². The minimum atomic E-state index is 0.156. The van der Waals surface area contributed by atoms with Crippen LogP contribution in [0, 0.1) is 0 Å². The van der Waals surface area contributed by atoms with Crippen molar-refractivity contribution >= 4 is 23.1 Å². The summed E-state index contributed by atoms with van der Waals surface area (Å²) in [5, 5.41) is 18.8. The van der Waals surface area contributed by atoms with Crippen LogP contribution in [0.3, 0.4) is 0 Å². The van der Waals surface area contributed by atoms with Crippen LogP contribution in [0.4, 0.5) is 11.5 Å². The molecule has 0 aliphatic rings.